The monoisotopic (exact) mass is 452 g/mol. The summed E-state index contributed by atoms with van der Waals surface area (Å²) in [5.74, 6) is 0.193. The van der Waals surface area contributed by atoms with Crippen LogP contribution in [0.5, 0.6) is 0 Å². The van der Waals surface area contributed by atoms with Gasteiger partial charge in [0.1, 0.15) is 5.82 Å². The number of hydrogen-bond acceptors (Lipinski definition) is 2. The standard InChI is InChI=1S/C19H21FN4.HI/c1-13-6-4-5-7-17(13)14(2)24-19(22-3)23-12-16-9-8-15(11-21)10-18(16)20;/h4-10,14H,12H2,1-3H3,(H2,22,23,24);1H. The molecule has 1 atom stereocenters. The van der Waals surface area contributed by atoms with E-state index in [1.807, 2.05) is 18.2 Å². The predicted molar refractivity (Wildman–Crippen MR) is 109 cm³/mol. The molecule has 2 aromatic carbocycles. The minimum Gasteiger partial charge on any atom is -0.352 e. The molecule has 1 unspecified atom stereocenters. The number of rotatable bonds is 4. The molecule has 6 heteroatoms. The average Bonchev–Trinajstić information content (AvgIpc) is 2.59. The molecule has 0 spiro atoms. The van der Waals surface area contributed by atoms with Crippen LogP contribution in [0.3, 0.4) is 0 Å². The molecular weight excluding hydrogens is 430 g/mol. The van der Waals surface area contributed by atoms with Gasteiger partial charge in [0.2, 0.25) is 0 Å². The number of halogens is 2. The Morgan fingerprint density at radius 3 is 2.60 bits per heavy atom. The van der Waals surface area contributed by atoms with Gasteiger partial charge in [-0.2, -0.15) is 5.26 Å². The summed E-state index contributed by atoms with van der Waals surface area (Å²) in [6, 6.07) is 14.6. The van der Waals surface area contributed by atoms with Crippen LogP contribution in [-0.2, 0) is 6.54 Å². The van der Waals surface area contributed by atoms with Crippen LogP contribution in [0, 0.1) is 24.1 Å². The number of aryl methyl sites for hydroxylation is 1. The molecule has 2 aromatic rings. The average molecular weight is 452 g/mol. The molecule has 0 radical (unpaired) electrons. The Labute approximate surface area is 165 Å². The van der Waals surface area contributed by atoms with E-state index in [4.69, 9.17) is 5.26 Å². The number of benzene rings is 2. The van der Waals surface area contributed by atoms with E-state index < -0.39 is 5.82 Å². The van der Waals surface area contributed by atoms with E-state index in [2.05, 4.69) is 41.6 Å². The fourth-order valence-corrected chi connectivity index (χ4v) is 2.49. The molecule has 0 bridgehead atoms. The lowest BCUT2D eigenvalue weighted by atomic mass is 10.0. The van der Waals surface area contributed by atoms with E-state index in [1.54, 1.807) is 19.2 Å². The number of guanidine groups is 1. The molecule has 0 heterocycles. The first-order valence-corrected chi connectivity index (χ1v) is 7.76. The second kappa shape index (κ2) is 9.99. The molecule has 0 aliphatic heterocycles. The van der Waals surface area contributed by atoms with Crippen molar-refractivity contribution in [2.75, 3.05) is 7.05 Å². The minimum absolute atomic E-state index is 0. The van der Waals surface area contributed by atoms with Gasteiger partial charge < -0.3 is 10.6 Å². The number of nitriles is 1. The molecule has 0 aromatic heterocycles. The smallest absolute Gasteiger partial charge is 0.191 e. The maximum atomic E-state index is 13.9. The summed E-state index contributed by atoms with van der Waals surface area (Å²) in [6.45, 7) is 4.41. The van der Waals surface area contributed by atoms with Gasteiger partial charge in [0.15, 0.2) is 5.96 Å². The maximum absolute atomic E-state index is 13.9. The van der Waals surface area contributed by atoms with Gasteiger partial charge in [0.05, 0.1) is 17.7 Å². The van der Waals surface area contributed by atoms with Gasteiger partial charge >= 0.3 is 0 Å². The van der Waals surface area contributed by atoms with E-state index in [0.29, 0.717) is 17.1 Å². The Balaban J connectivity index is 0.00000312. The number of hydrogen-bond donors (Lipinski definition) is 2. The Morgan fingerprint density at radius 1 is 1.28 bits per heavy atom. The van der Waals surface area contributed by atoms with Gasteiger partial charge in [-0.05, 0) is 37.1 Å². The predicted octanol–water partition coefficient (Wildman–Crippen LogP) is 4.05. The molecule has 0 aliphatic rings. The summed E-state index contributed by atoms with van der Waals surface area (Å²) < 4.78 is 13.9. The van der Waals surface area contributed by atoms with Gasteiger partial charge in [-0.15, -0.1) is 24.0 Å². The molecule has 0 fully saturated rings. The fraction of sp³-hybridized carbons (Fsp3) is 0.263. The van der Waals surface area contributed by atoms with Crippen molar-refractivity contribution in [2.45, 2.75) is 26.4 Å². The highest BCUT2D eigenvalue weighted by Crippen LogP contribution is 2.16. The highest BCUT2D eigenvalue weighted by Gasteiger charge is 2.10. The summed E-state index contributed by atoms with van der Waals surface area (Å²) in [4.78, 5) is 4.18. The Hall–Kier alpha value is -2.14. The van der Waals surface area contributed by atoms with E-state index in [-0.39, 0.29) is 36.6 Å². The topological polar surface area (TPSA) is 60.2 Å². The summed E-state index contributed by atoms with van der Waals surface area (Å²) >= 11 is 0. The Morgan fingerprint density at radius 2 is 2.00 bits per heavy atom. The Kier molecular flexibility index (Phi) is 8.35. The third-order valence-corrected chi connectivity index (χ3v) is 3.86. The van der Waals surface area contributed by atoms with E-state index in [0.717, 1.165) is 0 Å². The van der Waals surface area contributed by atoms with Gasteiger partial charge in [-0.3, -0.25) is 4.99 Å². The lowest BCUT2D eigenvalue weighted by Gasteiger charge is -2.20. The lowest BCUT2D eigenvalue weighted by molar-refractivity contribution is 0.602. The largest absolute Gasteiger partial charge is 0.352 e. The zero-order chi connectivity index (χ0) is 17.5. The molecule has 2 rings (SSSR count). The van der Waals surface area contributed by atoms with Gasteiger partial charge in [0, 0.05) is 19.2 Å². The van der Waals surface area contributed by atoms with Crippen molar-refractivity contribution < 1.29 is 4.39 Å². The summed E-state index contributed by atoms with van der Waals surface area (Å²) in [5.41, 5.74) is 3.18. The van der Waals surface area contributed by atoms with Crippen molar-refractivity contribution >= 4 is 29.9 Å². The van der Waals surface area contributed by atoms with Crippen LogP contribution in [0.4, 0.5) is 4.39 Å². The van der Waals surface area contributed by atoms with Crippen LogP contribution in [0.15, 0.2) is 47.5 Å². The molecule has 0 saturated heterocycles. The first kappa shape index (κ1) is 20.9. The van der Waals surface area contributed by atoms with Crippen LogP contribution in [-0.4, -0.2) is 13.0 Å². The molecule has 2 N–H and O–H groups in total. The van der Waals surface area contributed by atoms with Crippen LogP contribution in [0.2, 0.25) is 0 Å². The minimum atomic E-state index is -0.399. The second-order valence-corrected chi connectivity index (χ2v) is 5.57. The highest BCUT2D eigenvalue weighted by atomic mass is 127. The van der Waals surface area contributed by atoms with E-state index in [1.165, 1.54) is 17.2 Å². The number of aliphatic imine (C=N–C) groups is 1. The molecule has 4 nitrogen and oxygen atoms in total. The quantitative estimate of drug-likeness (QED) is 0.418. The number of nitrogens with one attached hydrogen (secondary N) is 2. The van der Waals surface area contributed by atoms with E-state index >= 15 is 0 Å². The summed E-state index contributed by atoms with van der Waals surface area (Å²) in [7, 11) is 1.68. The molecular formula is C19H22FIN4. The number of nitrogens with zero attached hydrogens (tertiary/aromatic N) is 2. The second-order valence-electron chi connectivity index (χ2n) is 5.57. The molecule has 0 amide bonds. The summed E-state index contributed by atoms with van der Waals surface area (Å²) in [5, 5.41) is 15.2. The van der Waals surface area contributed by atoms with E-state index in [9.17, 15) is 4.39 Å². The van der Waals surface area contributed by atoms with Crippen molar-refractivity contribution in [2.24, 2.45) is 4.99 Å². The van der Waals surface area contributed by atoms with Crippen molar-refractivity contribution in [1.82, 2.24) is 10.6 Å². The molecule has 132 valence electrons. The van der Waals surface area contributed by atoms with Crippen molar-refractivity contribution in [1.29, 1.82) is 5.26 Å². The van der Waals surface area contributed by atoms with Crippen LogP contribution in [0.1, 0.15) is 35.2 Å². The molecule has 0 aliphatic carbocycles. The first-order valence-electron chi connectivity index (χ1n) is 7.76. The fourth-order valence-electron chi connectivity index (χ4n) is 2.49. The van der Waals surface area contributed by atoms with Gasteiger partial charge in [-0.25, -0.2) is 4.39 Å². The zero-order valence-electron chi connectivity index (χ0n) is 14.5. The highest BCUT2D eigenvalue weighted by molar-refractivity contribution is 14.0. The maximum Gasteiger partial charge on any atom is 0.191 e. The zero-order valence-corrected chi connectivity index (χ0v) is 16.8. The van der Waals surface area contributed by atoms with Crippen LogP contribution in [0.25, 0.3) is 0 Å². The van der Waals surface area contributed by atoms with Crippen LogP contribution >= 0.6 is 24.0 Å². The van der Waals surface area contributed by atoms with Gasteiger partial charge in [0.25, 0.3) is 0 Å². The van der Waals surface area contributed by atoms with Crippen molar-refractivity contribution in [3.63, 3.8) is 0 Å². The normalized spacial score (nSPS) is 11.9. The molecule has 25 heavy (non-hydrogen) atoms. The summed E-state index contributed by atoms with van der Waals surface area (Å²) in [6.07, 6.45) is 0. The Bertz CT molecular complexity index is 783. The SMILES string of the molecule is CN=C(NCc1ccc(C#N)cc1F)NC(C)c1ccccc1C.I. The van der Waals surface area contributed by atoms with Crippen molar-refractivity contribution in [3.05, 3.63) is 70.5 Å². The first-order chi connectivity index (χ1) is 11.5. The third-order valence-electron chi connectivity index (χ3n) is 3.86. The van der Waals surface area contributed by atoms with Crippen molar-refractivity contribution in [3.8, 4) is 6.07 Å². The van der Waals surface area contributed by atoms with Crippen LogP contribution < -0.4 is 10.6 Å². The third kappa shape index (κ3) is 5.71. The molecule has 0 saturated carbocycles. The van der Waals surface area contributed by atoms with Gasteiger partial charge in [-0.1, -0.05) is 30.3 Å². The lowest BCUT2D eigenvalue weighted by Crippen LogP contribution is -2.38.